The Balaban J connectivity index is 1.31. The number of alkyl carbamates (subject to hydrolysis) is 1. The highest BCUT2D eigenvalue weighted by atomic mass is 79.9. The first-order valence-corrected chi connectivity index (χ1v) is 31.5. The first kappa shape index (κ1) is 71.6. The molecule has 9 N–H and O–H groups in total. The van der Waals surface area contributed by atoms with Crippen LogP contribution in [0.25, 0.3) is 0 Å². The largest absolute Gasteiger partial charge is 0.495 e. The number of primary amides is 1. The minimum atomic E-state index is -1.91. The molecule has 0 radical (unpaired) electrons. The van der Waals surface area contributed by atoms with Crippen LogP contribution in [0.15, 0.2) is 60.2 Å². The quantitative estimate of drug-likeness (QED) is 0.0188. The average molecular weight is 1370 g/mol. The van der Waals surface area contributed by atoms with Crippen LogP contribution < -0.4 is 47.3 Å². The van der Waals surface area contributed by atoms with Crippen LogP contribution in [-0.2, 0) is 54.1 Å². The third kappa shape index (κ3) is 19.4. The molecule has 4 bridgehead atoms. The summed E-state index contributed by atoms with van der Waals surface area (Å²) < 4.78 is 29.6. The number of rotatable bonds is 26. The summed E-state index contributed by atoms with van der Waals surface area (Å²) in [4.78, 5) is 122. The number of aldehydes is 1. The van der Waals surface area contributed by atoms with Crippen molar-refractivity contribution in [3.63, 3.8) is 0 Å². The molecule has 2 aromatic rings. The molecule has 5 rings (SSSR count). The lowest BCUT2D eigenvalue weighted by Crippen LogP contribution is -2.63. The summed E-state index contributed by atoms with van der Waals surface area (Å²) in [5.74, 6) is -4.14. The number of esters is 1. The van der Waals surface area contributed by atoms with Crippen LogP contribution in [0.3, 0.4) is 0 Å². The van der Waals surface area contributed by atoms with E-state index in [-0.39, 0.29) is 59.8 Å². The molecular weight excluding hydrogens is 1280 g/mol. The van der Waals surface area contributed by atoms with Gasteiger partial charge in [0.1, 0.15) is 53.1 Å². The number of fused-ring (bicyclic) bond motifs is 5. The number of carbonyl (C=O) groups is 9. The number of alkyl halides is 2. The van der Waals surface area contributed by atoms with Crippen molar-refractivity contribution in [3.8, 4) is 5.75 Å². The summed E-state index contributed by atoms with van der Waals surface area (Å²) in [6, 6.07) is 4.58. The number of aliphatic hydroxyl groups is 1. The van der Waals surface area contributed by atoms with Gasteiger partial charge in [0.25, 0.3) is 5.91 Å². The van der Waals surface area contributed by atoms with E-state index in [0.717, 1.165) is 22.3 Å². The van der Waals surface area contributed by atoms with E-state index in [9.17, 15) is 48.3 Å². The Kier molecular flexibility index (Phi) is 27.1. The van der Waals surface area contributed by atoms with Crippen molar-refractivity contribution in [1.29, 1.82) is 0 Å². The molecule has 2 aromatic carbocycles. The van der Waals surface area contributed by atoms with Crippen LogP contribution in [0.5, 0.6) is 5.75 Å². The van der Waals surface area contributed by atoms with E-state index in [1.54, 1.807) is 52.0 Å². The molecule has 1 unspecified atom stereocenters. The predicted octanol–water partition coefficient (Wildman–Crippen LogP) is 5.57. The first-order chi connectivity index (χ1) is 41.1. The molecule has 3 aliphatic heterocycles. The fourth-order valence-electron chi connectivity index (χ4n) is 10.4. The zero-order valence-electron chi connectivity index (χ0n) is 50.9. The van der Waals surface area contributed by atoms with Crippen molar-refractivity contribution in [2.24, 2.45) is 23.5 Å². The fraction of sp³-hybridized carbons (Fsp3) is 0.583. The van der Waals surface area contributed by atoms with Gasteiger partial charge in [-0.3, -0.25) is 34.6 Å². The van der Waals surface area contributed by atoms with Crippen LogP contribution in [0, 0.1) is 17.8 Å². The third-order valence-electron chi connectivity index (χ3n) is 15.9. The smallest absolute Gasteiger partial charge is 0.409 e. The van der Waals surface area contributed by atoms with Gasteiger partial charge in [0.2, 0.25) is 23.6 Å². The molecule has 0 aromatic heterocycles. The molecule has 8 amide bonds. The number of nitrogens with zero attached hydrogens (tertiary/aromatic N) is 2. The SMILES string of the molecule is COc1cc2cc(c1Cl)N(C)C(=O)C[C@H](OC(=O)[C@H](C)N(C)C(=O)c1ccc(NC(=O)[C@H](CCCNC(N)=O)NC(=O)[C@@H](NC(C=O)CCCCNC(=O)C(CBr)CBr)C(C)C)cc1)[C@]1(C)O[C@H]1[C@H](C)[C@@H]1C[C@@](O)(NC(=O)O1)[C@H](OC)/C=C/C=C(\C)C2. The minimum absolute atomic E-state index is 0.0724. The van der Waals surface area contributed by atoms with Crippen molar-refractivity contribution in [2.45, 2.75) is 153 Å². The van der Waals surface area contributed by atoms with E-state index in [1.165, 1.54) is 64.4 Å². The number of methoxy groups -OCH3 is 2. The number of anilines is 2. The van der Waals surface area contributed by atoms with E-state index >= 15 is 0 Å². The number of hydrogen-bond acceptors (Lipinski definition) is 16. The second-order valence-electron chi connectivity index (χ2n) is 22.8. The molecule has 3 heterocycles. The zero-order chi connectivity index (χ0) is 64.5. The number of hydrogen-bond donors (Lipinski definition) is 8. The topological polar surface area (TPSA) is 328 Å². The van der Waals surface area contributed by atoms with Crippen LogP contribution in [0.2, 0.25) is 5.02 Å². The Morgan fingerprint density at radius 1 is 0.989 bits per heavy atom. The summed E-state index contributed by atoms with van der Waals surface area (Å²) in [5, 5.41) is 29.7. The van der Waals surface area contributed by atoms with E-state index in [0.29, 0.717) is 54.3 Å². The number of nitrogens with one attached hydrogen (secondary N) is 6. The number of carbonyl (C=O) groups excluding carboxylic acids is 9. The molecule has 3 aliphatic rings. The van der Waals surface area contributed by atoms with Crippen molar-refractivity contribution in [3.05, 3.63) is 76.3 Å². The number of allylic oxidation sites excluding steroid dienone is 3. The number of epoxide rings is 1. The summed E-state index contributed by atoms with van der Waals surface area (Å²) in [7, 11) is 5.78. The standard InChI is InChI=1S/C60H84Br2ClN9O15/c1-33(2)50(67-41(32-73)16-11-12-23-65-52(75)39(30-61)31-62)54(77)69-42(17-14-24-66-57(64)80)53(76)68-40-21-19-38(20-22-40)55(78)71(7)36(5)56(79)86-47-28-48(74)72(8)43-26-37(27-44(83-9)49(43)63)25-34(3)15-13-18-46(84-10)60(82)29-45(85-58(81)70-60)35(4)51-59(47,6)87-51/h13,15,18-22,26-27,32-33,35-36,39,41-42,45-47,50-51,67,82H,11-12,14,16-17,23-25,28-31H2,1-10H3,(H,65,75)(H,68,76)(H,69,77)(H,70,81)(H3,64,66,80)/b18-13+,34-15+/t35-,36+,41?,42+,45+,46-,47+,50+,51+,59+,60+/m1/s1. The summed E-state index contributed by atoms with van der Waals surface area (Å²) in [6.07, 6.45) is 2.67. The normalized spacial score (nSPS) is 24.5. The number of urea groups is 1. The maximum atomic E-state index is 14.5. The zero-order valence-corrected chi connectivity index (χ0v) is 54.8. The number of halogens is 3. The second kappa shape index (κ2) is 32.9. The number of unbranched alkanes of at least 4 members (excludes halogenated alkanes) is 1. The predicted molar refractivity (Wildman–Crippen MR) is 334 cm³/mol. The van der Waals surface area contributed by atoms with Crippen molar-refractivity contribution in [1.82, 2.24) is 31.5 Å². The van der Waals surface area contributed by atoms with Gasteiger partial charge in [-0.25, -0.2) is 14.4 Å². The van der Waals surface area contributed by atoms with Gasteiger partial charge < -0.3 is 70.4 Å². The summed E-state index contributed by atoms with van der Waals surface area (Å²) in [6.45, 7) is 10.9. The monoisotopic (exact) mass is 1360 g/mol. The molecule has 87 heavy (non-hydrogen) atoms. The minimum Gasteiger partial charge on any atom is -0.495 e. The lowest BCUT2D eigenvalue weighted by atomic mass is 9.83. The lowest BCUT2D eigenvalue weighted by molar-refractivity contribution is -0.158. The molecule has 0 spiro atoms. The number of amides is 8. The molecule has 480 valence electrons. The molecule has 2 saturated heterocycles. The van der Waals surface area contributed by atoms with Crippen molar-refractivity contribution >= 4 is 109 Å². The molecule has 24 nitrogen and oxygen atoms in total. The molecule has 2 fully saturated rings. The number of nitrogens with two attached hydrogens (primary N) is 1. The second-order valence-corrected chi connectivity index (χ2v) is 24.5. The van der Waals surface area contributed by atoms with Gasteiger partial charge in [-0.1, -0.05) is 88.0 Å². The Bertz CT molecular complexity index is 2850. The van der Waals surface area contributed by atoms with Crippen LogP contribution >= 0.6 is 43.5 Å². The molecular formula is C60H84Br2ClN9O15. The average Bonchev–Trinajstić information content (AvgIpc) is 1.61. The fourth-order valence-corrected chi connectivity index (χ4v) is 12.3. The van der Waals surface area contributed by atoms with E-state index in [1.807, 2.05) is 13.0 Å². The number of likely N-dealkylation sites (N-methyl/N-ethyl adjacent to an activating group) is 1. The molecule has 0 saturated carbocycles. The van der Waals surface area contributed by atoms with E-state index < -0.39 is 114 Å². The Morgan fingerprint density at radius 3 is 2.29 bits per heavy atom. The van der Waals surface area contributed by atoms with Crippen LogP contribution in [0.1, 0.15) is 102 Å². The molecule has 27 heteroatoms. The molecule has 11 atom stereocenters. The van der Waals surface area contributed by atoms with Gasteiger partial charge in [-0.05, 0) is 107 Å². The van der Waals surface area contributed by atoms with Gasteiger partial charge in [-0.15, -0.1) is 0 Å². The van der Waals surface area contributed by atoms with E-state index in [4.69, 9.17) is 41.0 Å². The summed E-state index contributed by atoms with van der Waals surface area (Å²) >= 11 is 13.5. The number of benzene rings is 2. The maximum absolute atomic E-state index is 14.5. The maximum Gasteiger partial charge on any atom is 0.409 e. The first-order valence-electron chi connectivity index (χ1n) is 28.9. The molecule has 0 aliphatic carbocycles. The van der Waals surface area contributed by atoms with Crippen molar-refractivity contribution < 1.29 is 71.9 Å². The highest BCUT2D eigenvalue weighted by Crippen LogP contribution is 2.49. The van der Waals surface area contributed by atoms with Gasteiger partial charge in [0.15, 0.2) is 5.72 Å². The van der Waals surface area contributed by atoms with E-state index in [2.05, 4.69) is 63.8 Å². The van der Waals surface area contributed by atoms with Crippen molar-refractivity contribution in [2.75, 3.05) is 62.3 Å². The van der Waals surface area contributed by atoms with Gasteiger partial charge in [0, 0.05) is 68.5 Å². The van der Waals surface area contributed by atoms with Crippen LogP contribution in [-0.4, -0.2) is 176 Å². The van der Waals surface area contributed by atoms with Gasteiger partial charge >= 0.3 is 18.1 Å². The Hall–Kier alpha value is -6.16. The Morgan fingerprint density at radius 2 is 1.67 bits per heavy atom. The summed E-state index contributed by atoms with van der Waals surface area (Å²) in [5.41, 5.74) is 4.30. The highest BCUT2D eigenvalue weighted by Gasteiger charge is 2.64. The van der Waals surface area contributed by atoms with Crippen LogP contribution in [0.4, 0.5) is 21.0 Å². The number of ether oxygens (including phenoxy) is 5. The van der Waals surface area contributed by atoms with Gasteiger partial charge in [0.05, 0.1) is 43.3 Å². The lowest BCUT2D eigenvalue weighted by Gasteiger charge is -2.42. The highest BCUT2D eigenvalue weighted by molar-refractivity contribution is 9.09. The third-order valence-corrected chi connectivity index (χ3v) is 17.9. The Labute approximate surface area is 530 Å². The van der Waals surface area contributed by atoms with Gasteiger partial charge in [-0.2, -0.15) is 0 Å².